The van der Waals surface area contributed by atoms with E-state index in [4.69, 9.17) is 4.74 Å². The Balaban J connectivity index is 1.59. The van der Waals surface area contributed by atoms with Crippen molar-refractivity contribution in [1.29, 1.82) is 0 Å². The van der Waals surface area contributed by atoms with Crippen LogP contribution in [0.25, 0.3) is 5.65 Å². The van der Waals surface area contributed by atoms with E-state index in [1.54, 1.807) is 10.8 Å². The van der Waals surface area contributed by atoms with Gasteiger partial charge >= 0.3 is 5.97 Å². The van der Waals surface area contributed by atoms with Crippen molar-refractivity contribution < 1.29 is 9.53 Å². The Hall–Kier alpha value is -2.96. The summed E-state index contributed by atoms with van der Waals surface area (Å²) in [5.41, 5.74) is 4.63. The highest BCUT2D eigenvalue weighted by Gasteiger charge is 2.24. The van der Waals surface area contributed by atoms with Crippen LogP contribution in [0.5, 0.6) is 0 Å². The van der Waals surface area contributed by atoms with Gasteiger partial charge in [-0.05, 0) is 43.5 Å². The van der Waals surface area contributed by atoms with Crippen LogP contribution < -0.4 is 4.90 Å². The molecule has 3 aromatic rings. The number of anilines is 1. The predicted octanol–water partition coefficient (Wildman–Crippen LogP) is 2.60. The average molecular weight is 351 g/mol. The molecule has 4 rings (SSSR count). The minimum absolute atomic E-state index is 0.303. The zero-order valence-electron chi connectivity index (χ0n) is 14.9. The lowest BCUT2D eigenvalue weighted by atomic mass is 9.90. The monoisotopic (exact) mass is 351 g/mol. The van der Waals surface area contributed by atoms with Gasteiger partial charge in [-0.1, -0.05) is 12.1 Å². The summed E-state index contributed by atoms with van der Waals surface area (Å²) in [5, 5.41) is 12.6. The third-order valence-corrected chi connectivity index (χ3v) is 4.94. The van der Waals surface area contributed by atoms with Gasteiger partial charge in [0.2, 0.25) is 5.65 Å². The van der Waals surface area contributed by atoms with E-state index in [0.717, 1.165) is 43.0 Å². The second-order valence-electron chi connectivity index (χ2n) is 6.67. The van der Waals surface area contributed by atoms with Crippen LogP contribution in [0.2, 0.25) is 0 Å². The highest BCUT2D eigenvalue weighted by molar-refractivity contribution is 5.89. The first-order chi connectivity index (χ1) is 12.7. The van der Waals surface area contributed by atoms with E-state index in [1.165, 1.54) is 12.7 Å². The van der Waals surface area contributed by atoms with E-state index in [1.807, 2.05) is 31.2 Å². The molecule has 0 bridgehead atoms. The molecule has 2 aromatic heterocycles. The van der Waals surface area contributed by atoms with Crippen molar-refractivity contribution >= 4 is 17.3 Å². The molecule has 3 heterocycles. The maximum absolute atomic E-state index is 11.6. The third-order valence-electron chi connectivity index (χ3n) is 4.94. The van der Waals surface area contributed by atoms with Crippen molar-refractivity contribution in [3.8, 4) is 0 Å². The molecule has 134 valence electrons. The number of aromatic nitrogens is 4. The van der Waals surface area contributed by atoms with Gasteiger partial charge in [0.05, 0.1) is 24.1 Å². The molecule has 0 N–H and O–H groups in total. The molecule has 7 heteroatoms. The Morgan fingerprint density at radius 1 is 1.27 bits per heavy atom. The number of aryl methyl sites for hydroxylation is 1. The maximum atomic E-state index is 11.6. The number of hydrogen-bond donors (Lipinski definition) is 0. The predicted molar refractivity (Wildman–Crippen MR) is 97.5 cm³/mol. The summed E-state index contributed by atoms with van der Waals surface area (Å²) in [4.78, 5) is 14.0. The molecule has 1 aliphatic rings. The molecule has 0 spiro atoms. The average Bonchev–Trinajstić information content (AvgIpc) is 3.15. The highest BCUT2D eigenvalue weighted by Crippen LogP contribution is 2.31. The number of fused-ring (bicyclic) bond motifs is 1. The van der Waals surface area contributed by atoms with Gasteiger partial charge in [0.25, 0.3) is 0 Å². The van der Waals surface area contributed by atoms with E-state index in [0.29, 0.717) is 11.5 Å². The van der Waals surface area contributed by atoms with Crippen LogP contribution in [-0.4, -0.2) is 46.0 Å². The molecule has 1 aromatic carbocycles. The van der Waals surface area contributed by atoms with Gasteiger partial charge in [-0.15, -0.1) is 10.2 Å². The summed E-state index contributed by atoms with van der Waals surface area (Å²) in [6.07, 6.45) is 3.87. The fourth-order valence-corrected chi connectivity index (χ4v) is 3.64. The molecule has 1 aliphatic heterocycles. The van der Waals surface area contributed by atoms with E-state index in [-0.39, 0.29) is 5.97 Å². The normalized spacial score (nSPS) is 17.5. The first kappa shape index (κ1) is 16.5. The summed E-state index contributed by atoms with van der Waals surface area (Å²) in [5.74, 6) is 0.107. The number of hydrogen-bond acceptors (Lipinski definition) is 6. The molecule has 1 fully saturated rings. The SMILES string of the molecule is COC(=O)c1ccc(C2CCCN(c3cc(C)nn4cnnc34)C2)cc1. The van der Waals surface area contributed by atoms with Gasteiger partial charge in [-0.2, -0.15) is 9.61 Å². The fourth-order valence-electron chi connectivity index (χ4n) is 3.64. The largest absolute Gasteiger partial charge is 0.465 e. The quantitative estimate of drug-likeness (QED) is 0.676. The van der Waals surface area contributed by atoms with Gasteiger partial charge in [-0.25, -0.2) is 4.79 Å². The van der Waals surface area contributed by atoms with Crippen molar-refractivity contribution in [3.05, 3.63) is 53.5 Å². The summed E-state index contributed by atoms with van der Waals surface area (Å²) >= 11 is 0. The number of ether oxygens (including phenoxy) is 1. The second kappa shape index (κ2) is 6.74. The first-order valence-electron chi connectivity index (χ1n) is 8.76. The zero-order valence-corrected chi connectivity index (χ0v) is 14.9. The number of rotatable bonds is 3. The lowest BCUT2D eigenvalue weighted by Gasteiger charge is -2.34. The fraction of sp³-hybridized carbons (Fsp3) is 0.368. The molecular weight excluding hydrogens is 330 g/mol. The lowest BCUT2D eigenvalue weighted by molar-refractivity contribution is 0.0600. The second-order valence-corrected chi connectivity index (χ2v) is 6.67. The molecule has 26 heavy (non-hydrogen) atoms. The molecule has 0 radical (unpaired) electrons. The van der Waals surface area contributed by atoms with Crippen molar-refractivity contribution in [2.45, 2.75) is 25.7 Å². The molecule has 0 saturated carbocycles. The zero-order chi connectivity index (χ0) is 18.1. The Morgan fingerprint density at radius 3 is 2.85 bits per heavy atom. The van der Waals surface area contributed by atoms with Crippen molar-refractivity contribution in [2.24, 2.45) is 0 Å². The highest BCUT2D eigenvalue weighted by atomic mass is 16.5. The Labute approximate surface area is 151 Å². The van der Waals surface area contributed by atoms with Crippen LogP contribution in [0.1, 0.15) is 40.4 Å². The number of benzene rings is 1. The lowest BCUT2D eigenvalue weighted by Crippen LogP contribution is -2.34. The van der Waals surface area contributed by atoms with Crippen LogP contribution in [0.15, 0.2) is 36.7 Å². The van der Waals surface area contributed by atoms with Crippen LogP contribution >= 0.6 is 0 Å². The van der Waals surface area contributed by atoms with Crippen LogP contribution in [-0.2, 0) is 4.74 Å². The number of esters is 1. The van der Waals surface area contributed by atoms with Gasteiger partial charge in [0.15, 0.2) is 0 Å². The smallest absolute Gasteiger partial charge is 0.337 e. The molecular formula is C19H21N5O2. The van der Waals surface area contributed by atoms with Gasteiger partial charge in [0, 0.05) is 19.0 Å². The molecule has 0 amide bonds. The first-order valence-corrected chi connectivity index (χ1v) is 8.76. The van der Waals surface area contributed by atoms with Gasteiger partial charge in [0.1, 0.15) is 6.33 Å². The van der Waals surface area contributed by atoms with Crippen LogP contribution in [0.3, 0.4) is 0 Å². The number of nitrogens with zero attached hydrogens (tertiary/aromatic N) is 5. The molecule has 1 atom stereocenters. The van der Waals surface area contributed by atoms with E-state index < -0.39 is 0 Å². The minimum Gasteiger partial charge on any atom is -0.465 e. The number of carbonyl (C=O) groups excluding carboxylic acids is 1. The Morgan fingerprint density at radius 2 is 2.08 bits per heavy atom. The van der Waals surface area contributed by atoms with Crippen molar-refractivity contribution in [2.75, 3.05) is 25.1 Å². The molecule has 0 aliphatic carbocycles. The van der Waals surface area contributed by atoms with E-state index in [9.17, 15) is 4.79 Å². The standard InChI is InChI=1S/C19H21N5O2/c1-13-10-17(18-21-20-12-24(18)22-13)23-9-3-4-16(11-23)14-5-7-15(8-6-14)19(25)26-2/h5-8,10,12,16H,3-4,9,11H2,1-2H3. The van der Waals surface area contributed by atoms with E-state index in [2.05, 4.69) is 26.3 Å². The summed E-state index contributed by atoms with van der Waals surface area (Å²) in [6.45, 7) is 3.88. The van der Waals surface area contributed by atoms with Crippen molar-refractivity contribution in [1.82, 2.24) is 19.8 Å². The number of piperidine rings is 1. The topological polar surface area (TPSA) is 72.6 Å². The van der Waals surface area contributed by atoms with E-state index >= 15 is 0 Å². The number of methoxy groups -OCH3 is 1. The van der Waals surface area contributed by atoms with Crippen molar-refractivity contribution in [3.63, 3.8) is 0 Å². The third kappa shape index (κ3) is 3.00. The minimum atomic E-state index is -0.303. The van der Waals surface area contributed by atoms with Gasteiger partial charge in [-0.3, -0.25) is 0 Å². The number of carbonyl (C=O) groups is 1. The molecule has 1 unspecified atom stereocenters. The summed E-state index contributed by atoms with van der Waals surface area (Å²) in [6, 6.07) is 9.82. The van der Waals surface area contributed by atoms with Crippen LogP contribution in [0.4, 0.5) is 5.69 Å². The summed E-state index contributed by atoms with van der Waals surface area (Å²) < 4.78 is 6.51. The van der Waals surface area contributed by atoms with Crippen LogP contribution in [0, 0.1) is 6.92 Å². The molecule has 7 nitrogen and oxygen atoms in total. The summed E-state index contributed by atoms with van der Waals surface area (Å²) in [7, 11) is 1.40. The Kier molecular flexibility index (Phi) is 4.28. The van der Waals surface area contributed by atoms with Gasteiger partial charge < -0.3 is 9.64 Å². The Bertz CT molecular complexity index is 935. The molecule has 1 saturated heterocycles. The maximum Gasteiger partial charge on any atom is 0.337 e.